The Hall–Kier alpha value is -2.60. The number of esters is 1. The van der Waals surface area contributed by atoms with Gasteiger partial charge in [0.1, 0.15) is 43.2 Å². The lowest BCUT2D eigenvalue weighted by atomic mass is 9.78. The first-order valence-electron chi connectivity index (χ1n) is 31.5. The SMILES string of the molecule is C=CCOC(=O)NC[C@@H]1CC[C@@H]2O[C@@]3(C[C@H](C)[C@@H]2O1)C[C@H](C)[C@@H]1O[C@]2(C[C@@H]1O3)C[C@H]1O[C@H]3[C@H](C)[C@H]4OC(=O)C[C@H]5CC[C@@H]6O[C@@H]7[C@H]8O[C@@H]9C[C@](CC[C@H]%10CC(=C)[C@H](CC[C@H]%11C[C@@H](C)C(=C)[C@@H](C[C@@H]4O[C@H]3C[C@H]1O2)O%11)O%10)(O[C@H]8[C@H]6O5)O[C@H]79. The zero-order chi connectivity index (χ0) is 55.3. The molecule has 0 aromatic heterocycles. The summed E-state index contributed by atoms with van der Waals surface area (Å²) in [6.07, 6.45) is 7.37. The van der Waals surface area contributed by atoms with Crippen molar-refractivity contribution < 1.29 is 85.4 Å². The normalized spacial score (nSPS) is 55.2. The lowest BCUT2D eigenvalue weighted by Crippen LogP contribution is -2.62. The molecule has 0 saturated carbocycles. The lowest BCUT2D eigenvalue weighted by molar-refractivity contribution is -0.365. The molecule has 3 spiro atoms. The van der Waals surface area contributed by atoms with Gasteiger partial charge in [0.05, 0.1) is 110 Å². The number of rotatable bonds is 4. The van der Waals surface area contributed by atoms with Crippen LogP contribution in [0.15, 0.2) is 37.0 Å². The first-order valence-corrected chi connectivity index (χ1v) is 31.5. The molecule has 0 unspecified atom stereocenters. The minimum absolute atomic E-state index is 0.0120. The Morgan fingerprint density at radius 3 is 2.09 bits per heavy atom. The highest BCUT2D eigenvalue weighted by atomic mass is 16.8. The van der Waals surface area contributed by atoms with Crippen molar-refractivity contribution in [1.82, 2.24) is 5.32 Å². The summed E-state index contributed by atoms with van der Waals surface area (Å²) in [6.45, 7) is 22.1. The minimum Gasteiger partial charge on any atom is -0.459 e. The second-order valence-electron chi connectivity index (χ2n) is 27.6. The van der Waals surface area contributed by atoms with E-state index in [1.807, 2.05) is 0 Å². The van der Waals surface area contributed by atoms with Crippen LogP contribution in [0.3, 0.4) is 0 Å². The molecule has 81 heavy (non-hydrogen) atoms. The third-order valence-electron chi connectivity index (χ3n) is 21.9. The molecular weight excluding hydrogens is 1050 g/mol. The monoisotopic (exact) mass is 1130 g/mol. The molecule has 19 nitrogen and oxygen atoms in total. The van der Waals surface area contributed by atoms with E-state index in [9.17, 15) is 9.59 Å². The van der Waals surface area contributed by atoms with Gasteiger partial charge in [-0.2, -0.15) is 0 Å². The number of hydrogen-bond donors (Lipinski definition) is 1. The van der Waals surface area contributed by atoms with Gasteiger partial charge in [0.25, 0.3) is 0 Å². The predicted molar refractivity (Wildman–Crippen MR) is 284 cm³/mol. The van der Waals surface area contributed by atoms with Gasteiger partial charge in [0.2, 0.25) is 0 Å². The number of carbonyl (C=O) groups is 2. The fourth-order valence-electron chi connectivity index (χ4n) is 18.2. The van der Waals surface area contributed by atoms with E-state index in [-0.39, 0.29) is 153 Å². The number of amides is 1. The van der Waals surface area contributed by atoms with Crippen molar-refractivity contribution in [1.29, 1.82) is 0 Å². The number of fused-ring (bicyclic) bond motifs is 10. The zero-order valence-electron chi connectivity index (χ0n) is 47.8. The van der Waals surface area contributed by atoms with Crippen LogP contribution in [0.2, 0.25) is 0 Å². The van der Waals surface area contributed by atoms with Crippen molar-refractivity contribution in [3.63, 3.8) is 0 Å². The van der Waals surface area contributed by atoms with E-state index in [1.165, 1.54) is 0 Å². The van der Waals surface area contributed by atoms with Gasteiger partial charge >= 0.3 is 12.1 Å². The van der Waals surface area contributed by atoms with Gasteiger partial charge in [-0.25, -0.2) is 4.79 Å². The molecule has 12 bridgehead atoms. The molecule has 448 valence electrons. The van der Waals surface area contributed by atoms with Crippen LogP contribution in [0.5, 0.6) is 0 Å². The Morgan fingerprint density at radius 1 is 0.543 bits per heavy atom. The Labute approximate surface area is 476 Å². The number of carbonyl (C=O) groups excluding carboxylic acids is 2. The van der Waals surface area contributed by atoms with Crippen LogP contribution < -0.4 is 5.32 Å². The summed E-state index contributed by atoms with van der Waals surface area (Å²) in [4.78, 5) is 26.7. The van der Waals surface area contributed by atoms with Gasteiger partial charge in [-0.15, -0.1) is 0 Å². The number of hydrogen-bond acceptors (Lipinski definition) is 18. The maximum atomic E-state index is 14.6. The molecule has 1 amide bonds. The van der Waals surface area contributed by atoms with Crippen LogP contribution >= 0.6 is 0 Å². The third-order valence-corrected chi connectivity index (χ3v) is 21.9. The Balaban J connectivity index is 0.640. The van der Waals surface area contributed by atoms with Crippen molar-refractivity contribution in [3.05, 3.63) is 37.0 Å². The lowest BCUT2D eigenvalue weighted by Gasteiger charge is -2.54. The summed E-state index contributed by atoms with van der Waals surface area (Å²) >= 11 is 0. The second-order valence-corrected chi connectivity index (χ2v) is 27.6. The van der Waals surface area contributed by atoms with Crippen molar-refractivity contribution in [3.8, 4) is 0 Å². The molecular formula is C62H87NO18. The van der Waals surface area contributed by atoms with Crippen molar-refractivity contribution >= 4 is 12.1 Å². The number of alkyl carbamates (subject to hydrolysis) is 1. The average Bonchev–Trinajstić information content (AvgIpc) is 4.43. The van der Waals surface area contributed by atoms with Crippen molar-refractivity contribution in [2.45, 2.75) is 301 Å². The van der Waals surface area contributed by atoms with Crippen LogP contribution in [0, 0.1) is 23.7 Å². The van der Waals surface area contributed by atoms with Gasteiger partial charge in [0.15, 0.2) is 17.4 Å². The highest BCUT2D eigenvalue weighted by Gasteiger charge is 2.70. The van der Waals surface area contributed by atoms with Crippen LogP contribution in [-0.2, 0) is 80.6 Å². The first-order chi connectivity index (χ1) is 39.1. The zero-order valence-corrected chi connectivity index (χ0v) is 47.8. The molecule has 16 aliphatic heterocycles. The summed E-state index contributed by atoms with van der Waals surface area (Å²) in [7, 11) is 0. The van der Waals surface area contributed by atoms with Crippen LogP contribution in [-0.4, -0.2) is 183 Å². The Bertz CT molecular complexity index is 2450. The fourth-order valence-corrected chi connectivity index (χ4v) is 18.2. The molecule has 19 heteroatoms. The fraction of sp³-hybridized carbons (Fsp3) is 0.871. The molecule has 0 aromatic carbocycles. The van der Waals surface area contributed by atoms with Gasteiger partial charge in [-0.3, -0.25) is 4.79 Å². The first kappa shape index (κ1) is 55.0. The summed E-state index contributed by atoms with van der Waals surface area (Å²) in [6, 6.07) is 0. The van der Waals surface area contributed by atoms with E-state index in [4.69, 9.17) is 75.8 Å². The Kier molecular flexibility index (Phi) is 14.3. The van der Waals surface area contributed by atoms with E-state index in [1.54, 1.807) is 6.08 Å². The molecule has 16 aliphatic rings. The highest BCUT2D eigenvalue weighted by Crippen LogP contribution is 2.58. The summed E-state index contributed by atoms with van der Waals surface area (Å²) in [5.74, 6) is -2.51. The minimum atomic E-state index is -0.895. The molecule has 0 aromatic rings. The van der Waals surface area contributed by atoms with E-state index >= 15 is 0 Å². The number of nitrogens with one attached hydrogen (secondary N) is 1. The van der Waals surface area contributed by atoms with Crippen molar-refractivity contribution in [2.75, 3.05) is 13.2 Å². The van der Waals surface area contributed by atoms with E-state index in [0.717, 1.165) is 62.5 Å². The van der Waals surface area contributed by atoms with Gasteiger partial charge < -0.3 is 81.1 Å². The molecule has 16 rings (SSSR count). The van der Waals surface area contributed by atoms with E-state index in [2.05, 4.69) is 52.7 Å². The summed E-state index contributed by atoms with van der Waals surface area (Å²) in [5, 5.41) is 2.83. The van der Waals surface area contributed by atoms with Crippen molar-refractivity contribution in [2.24, 2.45) is 23.7 Å². The van der Waals surface area contributed by atoms with Gasteiger partial charge in [0, 0.05) is 63.8 Å². The predicted octanol–water partition coefficient (Wildman–Crippen LogP) is 7.12. The van der Waals surface area contributed by atoms with E-state index in [0.29, 0.717) is 64.3 Å². The topological polar surface area (TPSA) is 194 Å². The van der Waals surface area contributed by atoms with Gasteiger partial charge in [-0.1, -0.05) is 53.5 Å². The molecule has 0 radical (unpaired) electrons. The number of ether oxygens (including phenoxy) is 16. The molecule has 16 fully saturated rings. The molecule has 0 aliphatic carbocycles. The van der Waals surface area contributed by atoms with Crippen LogP contribution in [0.1, 0.15) is 143 Å². The highest BCUT2D eigenvalue weighted by molar-refractivity contribution is 5.70. The summed E-state index contributed by atoms with van der Waals surface area (Å²) in [5.41, 5.74) is 2.17. The smallest absolute Gasteiger partial charge is 0.407 e. The summed E-state index contributed by atoms with van der Waals surface area (Å²) < 4.78 is 109. The molecule has 1 N–H and O–H groups in total. The third kappa shape index (κ3) is 9.94. The van der Waals surface area contributed by atoms with Crippen LogP contribution in [0.4, 0.5) is 4.79 Å². The Morgan fingerprint density at radius 2 is 1.22 bits per heavy atom. The molecule has 16 saturated heterocycles. The maximum absolute atomic E-state index is 14.6. The quantitative estimate of drug-likeness (QED) is 0.221. The molecule has 16 heterocycles. The van der Waals surface area contributed by atoms with Gasteiger partial charge in [-0.05, 0) is 86.7 Å². The maximum Gasteiger partial charge on any atom is 0.407 e. The van der Waals surface area contributed by atoms with Crippen LogP contribution in [0.25, 0.3) is 0 Å². The average molecular weight is 1130 g/mol. The standard InChI is InChI=1S/C62H87NO18/c1-8-17-66-59(65)63-28-38-11-14-41-50(70-38)31(4)23-61(76-41)24-32(5)51-48(78-61)27-62(79-51)25-46-43(77-62)22-45-52(73-46)34(7)53-44(71-45)21-42-33(6)29(2)18-35(68-42)9-12-39-30(3)19-37(67-39)15-16-60-26-47-55(80-60)56-57(74-47)58(81-60)54-40(72-56)13-10-36(69-54)20-49(64)75-53/h8,29,31-32,34-48,50-58H,1,3,6,9-28H2,2,4-5,7H3,(H,63,65)/t29-,31+,32+,34+,35+,36-,37+,38+,39+,40+,41+,42-,43-,44+,45+,46-,47-,48+,50+,51+,52+,53-,54+,55+,56+,57-,58+,60+,61-,62+/m1/s1. The van der Waals surface area contributed by atoms with E-state index < -0.39 is 54.0 Å². The largest absolute Gasteiger partial charge is 0.459 e. The second kappa shape index (κ2) is 21.1. The molecule has 30 atom stereocenters.